The van der Waals surface area contributed by atoms with Crippen LogP contribution in [0, 0.1) is 0 Å². The monoisotopic (exact) mass is 318 g/mol. The van der Waals surface area contributed by atoms with Gasteiger partial charge in [0.15, 0.2) is 0 Å². The quantitative estimate of drug-likeness (QED) is 0.854. The highest BCUT2D eigenvalue weighted by Crippen LogP contribution is 2.27. The number of piperazine rings is 1. The van der Waals surface area contributed by atoms with Gasteiger partial charge in [-0.05, 0) is 25.1 Å². The number of hydrogen-bond acceptors (Lipinski definition) is 4. The van der Waals surface area contributed by atoms with Crippen LogP contribution in [0.25, 0.3) is 10.9 Å². The molecule has 0 saturated carbocycles. The van der Waals surface area contributed by atoms with E-state index >= 15 is 0 Å². The molecule has 2 heterocycles. The third kappa shape index (κ3) is 2.73. The van der Waals surface area contributed by atoms with E-state index in [1.165, 1.54) is 0 Å². The fourth-order valence-electron chi connectivity index (χ4n) is 2.99. The second kappa shape index (κ2) is 6.08. The highest BCUT2D eigenvalue weighted by molar-refractivity contribution is 6.31. The maximum Gasteiger partial charge on any atom is 0.222 e. The van der Waals surface area contributed by atoms with Crippen LogP contribution in [0.3, 0.4) is 0 Å². The molecular weight excluding hydrogens is 300 g/mol. The summed E-state index contributed by atoms with van der Waals surface area (Å²) in [4.78, 5) is 24.9. The van der Waals surface area contributed by atoms with Crippen LogP contribution in [-0.4, -0.2) is 46.5 Å². The zero-order chi connectivity index (χ0) is 15.7. The van der Waals surface area contributed by atoms with Crippen LogP contribution in [0.4, 0.5) is 5.82 Å². The van der Waals surface area contributed by atoms with Crippen molar-refractivity contribution in [1.82, 2.24) is 14.9 Å². The van der Waals surface area contributed by atoms with Crippen molar-refractivity contribution in [2.75, 3.05) is 24.5 Å². The van der Waals surface area contributed by atoms with Crippen LogP contribution in [0.15, 0.2) is 24.5 Å². The molecule has 1 aromatic carbocycles. The number of halogens is 1. The molecule has 0 bridgehead atoms. The number of fused-ring (bicyclic) bond motifs is 1. The molecule has 0 spiro atoms. The summed E-state index contributed by atoms with van der Waals surface area (Å²) in [6.45, 7) is 6.28. The van der Waals surface area contributed by atoms with E-state index in [0.717, 1.165) is 36.4 Å². The number of carbonyl (C=O) groups excluding carboxylic acids is 1. The topological polar surface area (TPSA) is 49.3 Å². The normalized spacial score (nSPS) is 18.8. The van der Waals surface area contributed by atoms with E-state index in [1.54, 1.807) is 6.33 Å². The lowest BCUT2D eigenvalue weighted by Gasteiger charge is -2.40. The smallest absolute Gasteiger partial charge is 0.222 e. The maximum absolute atomic E-state index is 11.9. The second-order valence-corrected chi connectivity index (χ2v) is 6.03. The highest BCUT2D eigenvalue weighted by Gasteiger charge is 2.27. The lowest BCUT2D eigenvalue weighted by atomic mass is 10.1. The van der Waals surface area contributed by atoms with Crippen LogP contribution >= 0.6 is 11.6 Å². The van der Waals surface area contributed by atoms with Crippen LogP contribution < -0.4 is 4.90 Å². The average molecular weight is 319 g/mol. The number of aromatic nitrogens is 2. The van der Waals surface area contributed by atoms with Crippen molar-refractivity contribution in [2.45, 2.75) is 26.3 Å². The Morgan fingerprint density at radius 2 is 2.18 bits per heavy atom. The fraction of sp³-hybridized carbons (Fsp3) is 0.438. The van der Waals surface area contributed by atoms with E-state index in [9.17, 15) is 4.79 Å². The molecule has 3 rings (SSSR count). The lowest BCUT2D eigenvalue weighted by molar-refractivity contribution is -0.133. The third-order valence-corrected chi connectivity index (χ3v) is 4.36. The molecule has 22 heavy (non-hydrogen) atoms. The molecular formula is C16H19ClN4O. The van der Waals surface area contributed by atoms with E-state index in [2.05, 4.69) is 21.8 Å². The molecule has 5 nitrogen and oxygen atoms in total. The van der Waals surface area contributed by atoms with Crippen molar-refractivity contribution in [3.05, 3.63) is 29.5 Å². The number of anilines is 1. The van der Waals surface area contributed by atoms with Gasteiger partial charge in [0.2, 0.25) is 5.91 Å². The summed E-state index contributed by atoms with van der Waals surface area (Å²) in [6, 6.07) is 5.85. The van der Waals surface area contributed by atoms with Gasteiger partial charge in [-0.1, -0.05) is 18.5 Å². The summed E-state index contributed by atoms with van der Waals surface area (Å²) in [5.41, 5.74) is 0.845. The summed E-state index contributed by atoms with van der Waals surface area (Å²) >= 11 is 6.03. The minimum Gasteiger partial charge on any atom is -0.352 e. The van der Waals surface area contributed by atoms with Gasteiger partial charge in [-0.3, -0.25) is 4.79 Å². The number of hydrogen-bond donors (Lipinski definition) is 0. The Hall–Kier alpha value is -1.88. The summed E-state index contributed by atoms with van der Waals surface area (Å²) in [5, 5.41) is 1.67. The first kappa shape index (κ1) is 15.0. The van der Waals surface area contributed by atoms with Gasteiger partial charge in [0, 0.05) is 42.5 Å². The van der Waals surface area contributed by atoms with Gasteiger partial charge in [0.25, 0.3) is 0 Å². The van der Waals surface area contributed by atoms with Crippen LogP contribution in [0.2, 0.25) is 5.02 Å². The third-order valence-electron chi connectivity index (χ3n) is 4.13. The molecule has 2 aromatic rings. The second-order valence-electron chi connectivity index (χ2n) is 5.59. The minimum absolute atomic E-state index is 0.179. The van der Waals surface area contributed by atoms with Crippen molar-refractivity contribution in [1.29, 1.82) is 0 Å². The van der Waals surface area contributed by atoms with Gasteiger partial charge in [0.1, 0.15) is 12.1 Å². The molecule has 1 fully saturated rings. The Balaban J connectivity index is 1.89. The van der Waals surface area contributed by atoms with E-state index in [1.807, 2.05) is 30.0 Å². The van der Waals surface area contributed by atoms with Gasteiger partial charge in [-0.15, -0.1) is 0 Å². The van der Waals surface area contributed by atoms with Gasteiger partial charge < -0.3 is 9.80 Å². The predicted octanol–water partition coefficient (Wildman–Crippen LogP) is 2.73. The molecule has 1 saturated heterocycles. The molecule has 1 aromatic heterocycles. The molecule has 6 heteroatoms. The largest absolute Gasteiger partial charge is 0.352 e. The Bertz CT molecular complexity index is 706. The van der Waals surface area contributed by atoms with E-state index < -0.39 is 0 Å². The first-order chi connectivity index (χ1) is 10.6. The number of rotatable bonds is 2. The number of benzene rings is 1. The fourth-order valence-corrected chi connectivity index (χ4v) is 3.16. The summed E-state index contributed by atoms with van der Waals surface area (Å²) < 4.78 is 0. The number of carbonyl (C=O) groups is 1. The van der Waals surface area contributed by atoms with Gasteiger partial charge in [0.05, 0.1) is 5.52 Å². The van der Waals surface area contributed by atoms with Crippen LogP contribution in [0.5, 0.6) is 0 Å². The highest BCUT2D eigenvalue weighted by atomic mass is 35.5. The van der Waals surface area contributed by atoms with Crippen molar-refractivity contribution in [3.8, 4) is 0 Å². The van der Waals surface area contributed by atoms with Crippen molar-refractivity contribution in [3.63, 3.8) is 0 Å². The van der Waals surface area contributed by atoms with Gasteiger partial charge in [-0.25, -0.2) is 9.97 Å². The standard InChI is InChI=1S/C16H19ClN4O/c1-3-15(22)21-7-6-20(9-11(21)2)16-13-5-4-12(17)8-14(13)18-10-19-16/h4-5,8,10-11H,3,6-7,9H2,1-2H3. The van der Waals surface area contributed by atoms with Crippen molar-refractivity contribution in [2.24, 2.45) is 0 Å². The molecule has 0 N–H and O–H groups in total. The zero-order valence-electron chi connectivity index (χ0n) is 12.8. The molecule has 116 valence electrons. The molecule has 0 radical (unpaired) electrons. The first-order valence-corrected chi connectivity index (χ1v) is 7.92. The predicted molar refractivity (Wildman–Crippen MR) is 88.2 cm³/mol. The molecule has 1 amide bonds. The summed E-state index contributed by atoms with van der Waals surface area (Å²) in [7, 11) is 0. The van der Waals surface area contributed by atoms with E-state index in [-0.39, 0.29) is 11.9 Å². The Morgan fingerprint density at radius 1 is 1.36 bits per heavy atom. The number of amides is 1. The average Bonchev–Trinajstić information content (AvgIpc) is 2.53. The summed E-state index contributed by atoms with van der Waals surface area (Å²) in [5.74, 6) is 1.13. The number of nitrogens with zero attached hydrogens (tertiary/aromatic N) is 4. The Labute approximate surface area is 134 Å². The Kier molecular flexibility index (Phi) is 4.16. The Morgan fingerprint density at radius 3 is 2.91 bits per heavy atom. The summed E-state index contributed by atoms with van der Waals surface area (Å²) in [6.07, 6.45) is 2.13. The van der Waals surface area contributed by atoms with E-state index in [4.69, 9.17) is 11.6 Å². The zero-order valence-corrected chi connectivity index (χ0v) is 13.5. The molecule has 1 unspecified atom stereocenters. The first-order valence-electron chi connectivity index (χ1n) is 7.55. The lowest BCUT2D eigenvalue weighted by Crippen LogP contribution is -2.54. The molecule has 1 aliphatic heterocycles. The van der Waals surface area contributed by atoms with Crippen LogP contribution in [-0.2, 0) is 4.79 Å². The van der Waals surface area contributed by atoms with Crippen LogP contribution in [0.1, 0.15) is 20.3 Å². The van der Waals surface area contributed by atoms with Crippen molar-refractivity contribution >= 4 is 34.2 Å². The molecule has 1 atom stereocenters. The van der Waals surface area contributed by atoms with Gasteiger partial charge >= 0.3 is 0 Å². The van der Waals surface area contributed by atoms with E-state index in [0.29, 0.717) is 11.4 Å². The van der Waals surface area contributed by atoms with Crippen molar-refractivity contribution < 1.29 is 4.79 Å². The molecule has 0 aliphatic carbocycles. The minimum atomic E-state index is 0.179. The molecule has 1 aliphatic rings. The SMILES string of the molecule is CCC(=O)N1CCN(c2ncnc3cc(Cl)ccc23)CC1C. The maximum atomic E-state index is 11.9. The van der Waals surface area contributed by atoms with Gasteiger partial charge in [-0.2, -0.15) is 0 Å².